The molecule has 2 nitrogen and oxygen atoms in total. The predicted molar refractivity (Wildman–Crippen MR) is 72.6 cm³/mol. The first kappa shape index (κ1) is 16.5. The lowest BCUT2D eigenvalue weighted by atomic mass is 9.91. The van der Waals surface area contributed by atoms with Gasteiger partial charge in [-0.2, -0.15) is 0 Å². The van der Waals surface area contributed by atoms with Gasteiger partial charge in [-0.1, -0.05) is 39.5 Å². The number of hydrogen-bond donors (Lipinski definition) is 2. The Hall–Kier alpha value is -0.520. The molecule has 0 heterocycles. The molecule has 2 unspecified atom stereocenters. The highest BCUT2D eigenvalue weighted by Crippen LogP contribution is 2.18. The van der Waals surface area contributed by atoms with E-state index in [1.165, 1.54) is 0 Å². The molecule has 0 amide bonds. The van der Waals surface area contributed by atoms with Gasteiger partial charge in [-0.25, -0.2) is 0 Å². The second-order valence-electron chi connectivity index (χ2n) is 6.33. The molecule has 0 spiro atoms. The Labute approximate surface area is 106 Å². The summed E-state index contributed by atoms with van der Waals surface area (Å²) in [5.41, 5.74) is -2.00. The maximum Gasteiger partial charge on any atom is 0.123 e. The summed E-state index contributed by atoms with van der Waals surface area (Å²) in [7, 11) is 0. The normalized spacial score (nSPS) is 18.5. The lowest BCUT2D eigenvalue weighted by molar-refractivity contribution is 0.0892. The first-order chi connectivity index (χ1) is 7.54. The molecule has 0 aromatic heterocycles. The summed E-state index contributed by atoms with van der Waals surface area (Å²) in [6.45, 7) is 11.8. The van der Waals surface area contributed by atoms with Crippen LogP contribution in [0.15, 0.2) is 0 Å². The van der Waals surface area contributed by atoms with E-state index in [9.17, 15) is 10.2 Å². The summed E-state index contributed by atoms with van der Waals surface area (Å²) in [6, 6.07) is 0. The molecule has 0 fully saturated rings. The molecule has 2 atom stereocenters. The van der Waals surface area contributed by atoms with E-state index in [1.54, 1.807) is 13.8 Å². The van der Waals surface area contributed by atoms with E-state index in [1.807, 2.05) is 13.8 Å². The van der Waals surface area contributed by atoms with Crippen molar-refractivity contribution in [2.24, 2.45) is 11.8 Å². The lowest BCUT2D eigenvalue weighted by Crippen LogP contribution is -2.27. The number of rotatable bonds is 5. The fourth-order valence-electron chi connectivity index (χ4n) is 1.75. The predicted octanol–water partition coefficient (Wildman–Crippen LogP) is 2.97. The minimum Gasteiger partial charge on any atom is -0.378 e. The monoisotopic (exact) mass is 240 g/mol. The van der Waals surface area contributed by atoms with Gasteiger partial charge >= 0.3 is 0 Å². The zero-order valence-electron chi connectivity index (χ0n) is 12.2. The summed E-state index contributed by atoms with van der Waals surface area (Å²) < 4.78 is 0. The zero-order chi connectivity index (χ0) is 13.7. The van der Waals surface area contributed by atoms with E-state index in [-0.39, 0.29) is 0 Å². The van der Waals surface area contributed by atoms with Crippen LogP contribution in [0.1, 0.15) is 60.8 Å². The summed E-state index contributed by atoms with van der Waals surface area (Å²) >= 11 is 0. The van der Waals surface area contributed by atoms with Crippen molar-refractivity contribution in [2.75, 3.05) is 0 Å². The van der Waals surface area contributed by atoms with Crippen LogP contribution >= 0.6 is 0 Å². The molecule has 0 aliphatic heterocycles. The molecule has 2 N–H and O–H groups in total. The van der Waals surface area contributed by atoms with Gasteiger partial charge in [0.1, 0.15) is 11.2 Å². The van der Waals surface area contributed by atoms with Crippen molar-refractivity contribution < 1.29 is 10.2 Å². The molecule has 0 saturated carbocycles. The minimum absolute atomic E-state index is 0.389. The van der Waals surface area contributed by atoms with Crippen LogP contribution < -0.4 is 0 Å². The average molecular weight is 240 g/mol. The quantitative estimate of drug-likeness (QED) is 0.725. The summed E-state index contributed by atoms with van der Waals surface area (Å²) in [5, 5.41) is 20.1. The fraction of sp³-hybridized carbons (Fsp3) is 0.867. The van der Waals surface area contributed by atoms with Crippen LogP contribution in [-0.4, -0.2) is 21.4 Å². The van der Waals surface area contributed by atoms with Crippen molar-refractivity contribution in [3.8, 4) is 11.8 Å². The first-order valence-electron chi connectivity index (χ1n) is 6.53. The summed E-state index contributed by atoms with van der Waals surface area (Å²) in [6.07, 6.45) is 2.21. The summed E-state index contributed by atoms with van der Waals surface area (Å²) in [5.74, 6) is 6.57. The minimum atomic E-state index is -1.00. The van der Waals surface area contributed by atoms with Crippen LogP contribution in [0.3, 0.4) is 0 Å². The van der Waals surface area contributed by atoms with Gasteiger partial charge in [-0.15, -0.1) is 0 Å². The van der Waals surface area contributed by atoms with Crippen molar-refractivity contribution in [1.29, 1.82) is 0 Å². The Morgan fingerprint density at radius 2 is 1.35 bits per heavy atom. The molecule has 0 aliphatic carbocycles. The van der Waals surface area contributed by atoms with Gasteiger partial charge in [-0.3, -0.25) is 0 Å². The third-order valence-corrected chi connectivity index (χ3v) is 2.62. The maximum atomic E-state index is 10.1. The second-order valence-corrected chi connectivity index (χ2v) is 6.33. The van der Waals surface area contributed by atoms with E-state index >= 15 is 0 Å². The third kappa shape index (κ3) is 9.21. The molecular weight excluding hydrogens is 212 g/mol. The van der Waals surface area contributed by atoms with Crippen LogP contribution in [0.25, 0.3) is 0 Å². The highest BCUT2D eigenvalue weighted by Gasteiger charge is 2.22. The molecule has 0 saturated heterocycles. The van der Waals surface area contributed by atoms with E-state index in [0.717, 1.165) is 6.42 Å². The Balaban J connectivity index is 4.48. The maximum absolute atomic E-state index is 10.1. The van der Waals surface area contributed by atoms with Crippen molar-refractivity contribution in [1.82, 2.24) is 0 Å². The van der Waals surface area contributed by atoms with Crippen LogP contribution in [0.2, 0.25) is 0 Å². The fourth-order valence-corrected chi connectivity index (χ4v) is 1.75. The number of aliphatic hydroxyl groups is 2. The standard InChI is InChI=1S/C15H28O2/c1-12(2)7-8-14(5,16)9-10-15(6,17)11-13(3)4/h12-13,16-17H,7-8,11H2,1-6H3. The first-order valence-corrected chi connectivity index (χ1v) is 6.53. The molecule has 0 aromatic carbocycles. The molecule has 0 bridgehead atoms. The lowest BCUT2D eigenvalue weighted by Gasteiger charge is -2.21. The zero-order valence-corrected chi connectivity index (χ0v) is 12.2. The number of hydrogen-bond acceptors (Lipinski definition) is 2. The molecule has 0 aromatic rings. The van der Waals surface area contributed by atoms with Gasteiger partial charge < -0.3 is 10.2 Å². The largest absolute Gasteiger partial charge is 0.378 e. The SMILES string of the molecule is CC(C)CCC(C)(O)C#CC(C)(O)CC(C)C. The van der Waals surface area contributed by atoms with E-state index in [4.69, 9.17) is 0 Å². The van der Waals surface area contributed by atoms with E-state index < -0.39 is 11.2 Å². The van der Waals surface area contributed by atoms with Gasteiger partial charge in [0.25, 0.3) is 0 Å². The van der Waals surface area contributed by atoms with Gasteiger partial charge in [0.05, 0.1) is 0 Å². The van der Waals surface area contributed by atoms with Crippen LogP contribution in [-0.2, 0) is 0 Å². The van der Waals surface area contributed by atoms with E-state index in [2.05, 4.69) is 25.7 Å². The van der Waals surface area contributed by atoms with Crippen molar-refractivity contribution in [2.45, 2.75) is 72.0 Å². The van der Waals surface area contributed by atoms with E-state index in [0.29, 0.717) is 24.7 Å². The molecule has 100 valence electrons. The Bertz CT molecular complexity index is 277. The van der Waals surface area contributed by atoms with Crippen molar-refractivity contribution >= 4 is 0 Å². The van der Waals surface area contributed by atoms with Gasteiger partial charge in [0.2, 0.25) is 0 Å². The smallest absolute Gasteiger partial charge is 0.123 e. The highest BCUT2D eigenvalue weighted by atomic mass is 16.3. The van der Waals surface area contributed by atoms with Crippen molar-refractivity contribution in [3.63, 3.8) is 0 Å². The molecule has 0 radical (unpaired) electrons. The molecule has 17 heavy (non-hydrogen) atoms. The molecular formula is C15H28O2. The molecule has 0 aliphatic rings. The topological polar surface area (TPSA) is 40.5 Å². The van der Waals surface area contributed by atoms with Crippen LogP contribution in [0, 0.1) is 23.7 Å². The third-order valence-electron chi connectivity index (χ3n) is 2.62. The van der Waals surface area contributed by atoms with Crippen molar-refractivity contribution in [3.05, 3.63) is 0 Å². The Morgan fingerprint density at radius 3 is 1.76 bits per heavy atom. The second kappa shape index (κ2) is 6.42. The Kier molecular flexibility index (Phi) is 6.23. The molecule has 2 heteroatoms. The van der Waals surface area contributed by atoms with Crippen LogP contribution in [0.5, 0.6) is 0 Å². The van der Waals surface area contributed by atoms with Gasteiger partial charge in [-0.05, 0) is 44.9 Å². The summed E-state index contributed by atoms with van der Waals surface area (Å²) in [4.78, 5) is 0. The van der Waals surface area contributed by atoms with Crippen LogP contribution in [0.4, 0.5) is 0 Å². The average Bonchev–Trinajstić information content (AvgIpc) is 2.10. The van der Waals surface area contributed by atoms with Gasteiger partial charge in [0, 0.05) is 0 Å². The molecule has 0 rings (SSSR count). The highest BCUT2D eigenvalue weighted by molar-refractivity contribution is 5.19. The Morgan fingerprint density at radius 1 is 0.882 bits per heavy atom. The van der Waals surface area contributed by atoms with Gasteiger partial charge in [0.15, 0.2) is 0 Å².